The third-order valence-corrected chi connectivity index (χ3v) is 4.81. The Hall–Kier alpha value is -3.53. The number of rotatable bonds is 7. The van der Waals surface area contributed by atoms with E-state index >= 15 is 0 Å². The summed E-state index contributed by atoms with van der Waals surface area (Å²) in [4.78, 5) is 20.6. The number of nitrogens with zero attached hydrogens (tertiary/aromatic N) is 5. The van der Waals surface area contributed by atoms with Gasteiger partial charge in [-0.25, -0.2) is 9.37 Å². The highest BCUT2D eigenvalue weighted by Gasteiger charge is 2.18. The quantitative estimate of drug-likeness (QED) is 0.467. The van der Waals surface area contributed by atoms with Crippen molar-refractivity contribution in [3.8, 4) is 11.5 Å². The van der Waals surface area contributed by atoms with Crippen molar-refractivity contribution in [2.75, 3.05) is 11.1 Å². The van der Waals surface area contributed by atoms with Crippen LogP contribution in [-0.2, 0) is 11.3 Å². The molecule has 29 heavy (non-hydrogen) atoms. The Balaban J connectivity index is 1.52. The highest BCUT2D eigenvalue weighted by atomic mass is 32.2. The van der Waals surface area contributed by atoms with E-state index in [2.05, 4.69) is 25.5 Å². The topological polar surface area (TPSA) is 98.7 Å². The van der Waals surface area contributed by atoms with Gasteiger partial charge in [-0.05, 0) is 30.3 Å². The number of carbonyl (C=O) groups excluding carboxylic acids is 1. The first-order chi connectivity index (χ1) is 14.2. The highest BCUT2D eigenvalue weighted by molar-refractivity contribution is 7.99. The molecule has 8 nitrogen and oxygen atoms in total. The molecule has 0 spiro atoms. The summed E-state index contributed by atoms with van der Waals surface area (Å²) in [6.07, 6.45) is 6.32. The number of hydrogen-bond donors (Lipinski definition) is 1. The standard InChI is InChI=1S/C19H15FN6O2S/c20-13-3-1-4-14(9-13)23-17(27)12-29-19-25-24-18(16-10-21-6-7-22-16)26(19)11-15-5-2-8-28-15/h1-10H,11-12H2,(H,23,27). The van der Waals surface area contributed by atoms with Crippen molar-refractivity contribution in [2.24, 2.45) is 0 Å². The number of halogens is 1. The monoisotopic (exact) mass is 410 g/mol. The fourth-order valence-corrected chi connectivity index (χ4v) is 3.33. The minimum absolute atomic E-state index is 0.0767. The molecule has 1 N–H and O–H groups in total. The van der Waals surface area contributed by atoms with Crippen molar-refractivity contribution >= 4 is 23.4 Å². The Kier molecular flexibility index (Phi) is 5.61. The molecule has 0 radical (unpaired) electrons. The smallest absolute Gasteiger partial charge is 0.234 e. The van der Waals surface area contributed by atoms with Gasteiger partial charge in [-0.2, -0.15) is 0 Å². The van der Waals surface area contributed by atoms with Crippen molar-refractivity contribution in [1.82, 2.24) is 24.7 Å². The lowest BCUT2D eigenvalue weighted by molar-refractivity contribution is -0.113. The van der Waals surface area contributed by atoms with Gasteiger partial charge in [0.25, 0.3) is 0 Å². The van der Waals surface area contributed by atoms with Crippen molar-refractivity contribution in [2.45, 2.75) is 11.7 Å². The highest BCUT2D eigenvalue weighted by Crippen LogP contribution is 2.24. The van der Waals surface area contributed by atoms with Gasteiger partial charge in [0.2, 0.25) is 5.91 Å². The van der Waals surface area contributed by atoms with Gasteiger partial charge in [0.15, 0.2) is 11.0 Å². The number of aromatic nitrogens is 5. The zero-order valence-electron chi connectivity index (χ0n) is 15.0. The van der Waals surface area contributed by atoms with Crippen molar-refractivity contribution < 1.29 is 13.6 Å². The number of thioether (sulfide) groups is 1. The second-order valence-electron chi connectivity index (χ2n) is 5.91. The maximum absolute atomic E-state index is 13.3. The third kappa shape index (κ3) is 4.66. The van der Waals surface area contributed by atoms with Gasteiger partial charge < -0.3 is 9.73 Å². The van der Waals surface area contributed by atoms with Crippen molar-refractivity contribution in [1.29, 1.82) is 0 Å². The number of amides is 1. The van der Waals surface area contributed by atoms with E-state index in [9.17, 15) is 9.18 Å². The average molecular weight is 410 g/mol. The lowest BCUT2D eigenvalue weighted by Gasteiger charge is -2.08. The molecular weight excluding hydrogens is 395 g/mol. The first-order valence-corrected chi connectivity index (χ1v) is 9.58. The Morgan fingerprint density at radius 3 is 2.90 bits per heavy atom. The van der Waals surface area contributed by atoms with Gasteiger partial charge in [0, 0.05) is 18.1 Å². The van der Waals surface area contributed by atoms with Crippen LogP contribution in [-0.4, -0.2) is 36.4 Å². The van der Waals surface area contributed by atoms with Crippen LogP contribution in [0.25, 0.3) is 11.5 Å². The molecule has 0 bridgehead atoms. The molecule has 0 saturated carbocycles. The molecule has 4 rings (SSSR count). The van der Waals surface area contributed by atoms with E-state index in [1.165, 1.54) is 30.0 Å². The van der Waals surface area contributed by atoms with Gasteiger partial charge in [-0.15, -0.1) is 10.2 Å². The predicted molar refractivity (Wildman–Crippen MR) is 105 cm³/mol. The summed E-state index contributed by atoms with van der Waals surface area (Å²) in [6.45, 7) is 0.375. The Morgan fingerprint density at radius 2 is 2.14 bits per heavy atom. The van der Waals surface area contributed by atoms with Gasteiger partial charge in [0.1, 0.15) is 17.3 Å². The number of carbonyl (C=O) groups is 1. The van der Waals surface area contributed by atoms with Gasteiger partial charge in [-0.1, -0.05) is 17.8 Å². The van der Waals surface area contributed by atoms with E-state index < -0.39 is 5.82 Å². The molecular formula is C19H15FN6O2S. The summed E-state index contributed by atoms with van der Waals surface area (Å²) in [7, 11) is 0. The summed E-state index contributed by atoms with van der Waals surface area (Å²) in [6, 6.07) is 9.36. The normalized spacial score (nSPS) is 10.8. The first kappa shape index (κ1) is 18.8. The molecule has 0 aliphatic heterocycles. The van der Waals surface area contributed by atoms with E-state index in [0.717, 1.165) is 0 Å². The second kappa shape index (κ2) is 8.65. The largest absolute Gasteiger partial charge is 0.467 e. The maximum atomic E-state index is 13.3. The fourth-order valence-electron chi connectivity index (χ4n) is 2.59. The molecule has 0 saturated heterocycles. The molecule has 3 heterocycles. The van der Waals surface area contributed by atoms with Crippen molar-refractivity contribution in [3.05, 3.63) is 72.8 Å². The minimum atomic E-state index is -0.415. The summed E-state index contributed by atoms with van der Waals surface area (Å²) in [5.74, 6) is 0.604. The Morgan fingerprint density at radius 1 is 1.21 bits per heavy atom. The van der Waals surface area contributed by atoms with Crippen LogP contribution in [0.3, 0.4) is 0 Å². The predicted octanol–water partition coefficient (Wildman–Crippen LogP) is 3.25. The number of hydrogen-bond acceptors (Lipinski definition) is 7. The molecule has 0 fully saturated rings. The van der Waals surface area contributed by atoms with E-state index in [-0.39, 0.29) is 11.7 Å². The van der Waals surface area contributed by atoms with Crippen LogP contribution in [0.15, 0.2) is 70.8 Å². The van der Waals surface area contributed by atoms with Crippen LogP contribution in [0.1, 0.15) is 5.76 Å². The number of anilines is 1. The summed E-state index contributed by atoms with van der Waals surface area (Å²) in [5.41, 5.74) is 0.954. The van der Waals surface area contributed by atoms with Crippen LogP contribution in [0.4, 0.5) is 10.1 Å². The van der Waals surface area contributed by atoms with Gasteiger partial charge >= 0.3 is 0 Å². The molecule has 0 aliphatic carbocycles. The number of nitrogens with one attached hydrogen (secondary N) is 1. The Bertz CT molecular complexity index is 1100. The van der Waals surface area contributed by atoms with Crippen molar-refractivity contribution in [3.63, 3.8) is 0 Å². The van der Waals surface area contributed by atoms with Crippen LogP contribution in [0.5, 0.6) is 0 Å². The fraction of sp³-hybridized carbons (Fsp3) is 0.105. The van der Waals surface area contributed by atoms with Crippen LogP contribution < -0.4 is 5.32 Å². The van der Waals surface area contributed by atoms with Crippen LogP contribution in [0.2, 0.25) is 0 Å². The average Bonchev–Trinajstić information content (AvgIpc) is 3.38. The zero-order valence-corrected chi connectivity index (χ0v) is 15.8. The number of furan rings is 1. The summed E-state index contributed by atoms with van der Waals surface area (Å²) >= 11 is 1.21. The molecule has 0 unspecified atom stereocenters. The molecule has 1 aromatic carbocycles. The summed E-state index contributed by atoms with van der Waals surface area (Å²) in [5, 5.41) is 11.6. The second-order valence-corrected chi connectivity index (χ2v) is 6.85. The minimum Gasteiger partial charge on any atom is -0.467 e. The number of benzene rings is 1. The lowest BCUT2D eigenvalue weighted by atomic mass is 10.3. The van der Waals surface area contributed by atoms with E-state index in [1.807, 2.05) is 10.6 Å². The third-order valence-electron chi connectivity index (χ3n) is 3.84. The van der Waals surface area contributed by atoms with E-state index in [4.69, 9.17) is 4.42 Å². The Labute approximate surface area is 169 Å². The lowest BCUT2D eigenvalue weighted by Crippen LogP contribution is -2.15. The van der Waals surface area contributed by atoms with Gasteiger partial charge in [-0.3, -0.25) is 14.3 Å². The maximum Gasteiger partial charge on any atom is 0.234 e. The zero-order chi connectivity index (χ0) is 20.1. The molecule has 4 aromatic rings. The SMILES string of the molecule is O=C(CSc1nnc(-c2cnccn2)n1Cc1ccco1)Nc1cccc(F)c1. The first-order valence-electron chi connectivity index (χ1n) is 8.59. The van der Waals surface area contributed by atoms with Crippen LogP contribution >= 0.6 is 11.8 Å². The molecule has 1 amide bonds. The van der Waals surface area contributed by atoms with Gasteiger partial charge in [0.05, 0.1) is 24.8 Å². The van der Waals surface area contributed by atoms with E-state index in [1.54, 1.807) is 37.0 Å². The molecule has 3 aromatic heterocycles. The molecule has 146 valence electrons. The molecule has 0 aliphatic rings. The van der Waals surface area contributed by atoms with E-state index in [0.29, 0.717) is 34.7 Å². The summed E-state index contributed by atoms with van der Waals surface area (Å²) < 4.78 is 20.5. The molecule has 0 atom stereocenters. The van der Waals surface area contributed by atoms with Crippen LogP contribution in [0, 0.1) is 5.82 Å². The molecule has 10 heteroatoms.